The molecule has 1 amide bonds. The SMILES string of the molecule is O=C(NC(=S)Nc1cccc(-c2nc3ncccc3o2)c1)c1ccc(-c2cccc(Cl)c2Cl)o1. The molecule has 0 aliphatic heterocycles. The Bertz CT molecular complexity index is 1510. The molecule has 0 radical (unpaired) electrons. The maximum Gasteiger partial charge on any atom is 0.293 e. The molecule has 0 saturated carbocycles. The molecule has 0 aliphatic carbocycles. The normalized spacial score (nSPS) is 10.9. The van der Waals surface area contributed by atoms with E-state index >= 15 is 0 Å². The average molecular weight is 509 g/mol. The summed E-state index contributed by atoms with van der Waals surface area (Å²) in [6, 6.07) is 19.2. The zero-order valence-corrected chi connectivity index (χ0v) is 19.5. The lowest BCUT2D eigenvalue weighted by Crippen LogP contribution is -2.33. The fourth-order valence-electron chi connectivity index (χ4n) is 3.25. The minimum absolute atomic E-state index is 0.0721. The van der Waals surface area contributed by atoms with Gasteiger partial charge in [0.25, 0.3) is 5.91 Å². The van der Waals surface area contributed by atoms with E-state index in [0.717, 1.165) is 5.56 Å². The van der Waals surface area contributed by atoms with Gasteiger partial charge < -0.3 is 14.2 Å². The van der Waals surface area contributed by atoms with Crippen molar-refractivity contribution in [2.75, 3.05) is 5.32 Å². The van der Waals surface area contributed by atoms with Crippen molar-refractivity contribution in [1.82, 2.24) is 15.3 Å². The Morgan fingerprint density at radius 2 is 1.82 bits per heavy atom. The number of carbonyl (C=O) groups excluding carboxylic acids is 1. The van der Waals surface area contributed by atoms with E-state index in [1.54, 1.807) is 54.7 Å². The number of carbonyl (C=O) groups is 1. The quantitative estimate of drug-likeness (QED) is 0.264. The number of benzene rings is 2. The smallest absolute Gasteiger partial charge is 0.293 e. The number of oxazole rings is 1. The highest BCUT2D eigenvalue weighted by molar-refractivity contribution is 7.80. The fourth-order valence-corrected chi connectivity index (χ4v) is 3.85. The highest BCUT2D eigenvalue weighted by Gasteiger charge is 2.16. The van der Waals surface area contributed by atoms with Crippen LogP contribution < -0.4 is 10.6 Å². The van der Waals surface area contributed by atoms with Crippen molar-refractivity contribution in [3.05, 3.63) is 88.7 Å². The minimum atomic E-state index is -0.511. The van der Waals surface area contributed by atoms with Crippen molar-refractivity contribution in [3.63, 3.8) is 0 Å². The summed E-state index contributed by atoms with van der Waals surface area (Å²) in [5.41, 5.74) is 3.07. The second kappa shape index (κ2) is 9.26. The molecule has 0 atom stereocenters. The zero-order valence-electron chi connectivity index (χ0n) is 17.2. The number of thiocarbonyl (C=S) groups is 1. The first-order chi connectivity index (χ1) is 16.5. The predicted molar refractivity (Wildman–Crippen MR) is 135 cm³/mol. The van der Waals surface area contributed by atoms with E-state index in [-0.39, 0.29) is 10.9 Å². The zero-order chi connectivity index (χ0) is 23.7. The van der Waals surface area contributed by atoms with Gasteiger partial charge in [0.05, 0.1) is 10.0 Å². The van der Waals surface area contributed by atoms with Crippen LogP contribution in [0.25, 0.3) is 34.0 Å². The third kappa shape index (κ3) is 4.51. The van der Waals surface area contributed by atoms with Gasteiger partial charge in [0.2, 0.25) is 5.89 Å². The van der Waals surface area contributed by atoms with Crippen molar-refractivity contribution >= 4 is 63.4 Å². The maximum atomic E-state index is 12.6. The Morgan fingerprint density at radius 1 is 0.971 bits per heavy atom. The van der Waals surface area contributed by atoms with Crippen molar-refractivity contribution < 1.29 is 13.6 Å². The molecule has 0 fully saturated rings. The third-order valence-corrected chi connectivity index (χ3v) is 5.83. The molecule has 34 heavy (non-hydrogen) atoms. The highest BCUT2D eigenvalue weighted by atomic mass is 35.5. The predicted octanol–water partition coefficient (Wildman–Crippen LogP) is 6.58. The van der Waals surface area contributed by atoms with Gasteiger partial charge in [-0.2, -0.15) is 4.98 Å². The van der Waals surface area contributed by atoms with Crippen molar-refractivity contribution in [2.24, 2.45) is 0 Å². The van der Waals surface area contributed by atoms with Gasteiger partial charge >= 0.3 is 0 Å². The average Bonchev–Trinajstić information content (AvgIpc) is 3.48. The van der Waals surface area contributed by atoms with Crippen molar-refractivity contribution in [2.45, 2.75) is 0 Å². The molecule has 0 spiro atoms. The summed E-state index contributed by atoms with van der Waals surface area (Å²) in [7, 11) is 0. The van der Waals surface area contributed by atoms with Crippen LogP contribution in [0.5, 0.6) is 0 Å². The number of hydrogen-bond acceptors (Lipinski definition) is 6. The number of pyridine rings is 1. The van der Waals surface area contributed by atoms with Crippen LogP contribution in [0.3, 0.4) is 0 Å². The molecule has 3 heterocycles. The fraction of sp³-hybridized carbons (Fsp3) is 0. The lowest BCUT2D eigenvalue weighted by Gasteiger charge is -2.09. The van der Waals surface area contributed by atoms with E-state index in [2.05, 4.69) is 20.6 Å². The molecule has 5 rings (SSSR count). The van der Waals surface area contributed by atoms with Gasteiger partial charge in [0.15, 0.2) is 22.1 Å². The molecule has 7 nitrogen and oxygen atoms in total. The van der Waals surface area contributed by atoms with Gasteiger partial charge in [-0.15, -0.1) is 0 Å². The van der Waals surface area contributed by atoms with Crippen LogP contribution in [0.2, 0.25) is 10.0 Å². The van der Waals surface area contributed by atoms with E-state index in [0.29, 0.717) is 44.2 Å². The standard InChI is InChI=1S/C24H14Cl2N4O3S/c25-16-7-2-6-15(20(16)26)17-9-10-19(32-17)22(31)30-24(34)28-14-5-1-4-13(12-14)23-29-21-18(33-23)8-3-11-27-21/h1-12H,(H2,28,30,31,34). The number of hydrogen-bond donors (Lipinski definition) is 2. The molecular formula is C24H14Cl2N4O3S. The first-order valence-electron chi connectivity index (χ1n) is 9.96. The van der Waals surface area contributed by atoms with Gasteiger partial charge in [-0.05, 0) is 66.8 Å². The number of anilines is 1. The van der Waals surface area contributed by atoms with E-state index in [9.17, 15) is 4.79 Å². The highest BCUT2D eigenvalue weighted by Crippen LogP contribution is 2.34. The number of halogens is 2. The van der Waals surface area contributed by atoms with Gasteiger partial charge in [-0.25, -0.2) is 4.98 Å². The van der Waals surface area contributed by atoms with E-state index in [1.807, 2.05) is 12.1 Å². The second-order valence-electron chi connectivity index (χ2n) is 7.10. The van der Waals surface area contributed by atoms with Crippen LogP contribution in [-0.4, -0.2) is 21.0 Å². The number of aromatic nitrogens is 2. The van der Waals surface area contributed by atoms with Crippen LogP contribution in [0.15, 0.2) is 81.8 Å². The summed E-state index contributed by atoms with van der Waals surface area (Å²) >= 11 is 17.6. The summed E-state index contributed by atoms with van der Waals surface area (Å²) < 4.78 is 11.4. The number of fused-ring (bicyclic) bond motifs is 1. The Kier molecular flexibility index (Phi) is 6.02. The first-order valence-corrected chi connectivity index (χ1v) is 11.1. The van der Waals surface area contributed by atoms with Gasteiger partial charge in [0, 0.05) is 23.0 Å². The maximum absolute atomic E-state index is 12.6. The molecule has 0 bridgehead atoms. The van der Waals surface area contributed by atoms with Gasteiger partial charge in [0.1, 0.15) is 5.76 Å². The van der Waals surface area contributed by atoms with E-state index in [1.165, 1.54) is 6.07 Å². The summed E-state index contributed by atoms with van der Waals surface area (Å²) in [5, 5.41) is 6.41. The molecule has 0 aliphatic rings. The van der Waals surface area contributed by atoms with Gasteiger partial charge in [-0.1, -0.05) is 35.3 Å². The lowest BCUT2D eigenvalue weighted by molar-refractivity contribution is 0.0951. The second-order valence-corrected chi connectivity index (χ2v) is 8.29. The topological polar surface area (TPSA) is 93.2 Å². The van der Waals surface area contributed by atoms with Crippen LogP contribution in [0, 0.1) is 0 Å². The molecule has 0 saturated heterocycles. The Balaban J connectivity index is 1.27. The number of nitrogens with one attached hydrogen (secondary N) is 2. The molecule has 10 heteroatoms. The molecule has 5 aromatic rings. The number of amides is 1. The van der Waals surface area contributed by atoms with Crippen molar-refractivity contribution in [3.8, 4) is 22.8 Å². The minimum Gasteiger partial charge on any atom is -0.451 e. The first kappa shape index (κ1) is 22.1. The molecule has 2 aromatic carbocycles. The van der Waals surface area contributed by atoms with E-state index < -0.39 is 5.91 Å². The lowest BCUT2D eigenvalue weighted by atomic mass is 10.2. The third-order valence-electron chi connectivity index (χ3n) is 4.81. The summed E-state index contributed by atoms with van der Waals surface area (Å²) in [5.74, 6) is 0.401. The molecule has 3 aromatic heterocycles. The number of nitrogens with zero attached hydrogens (tertiary/aromatic N) is 2. The molecule has 2 N–H and O–H groups in total. The van der Waals surface area contributed by atoms with Crippen LogP contribution in [0.1, 0.15) is 10.6 Å². The monoisotopic (exact) mass is 508 g/mol. The van der Waals surface area contributed by atoms with Crippen LogP contribution in [-0.2, 0) is 0 Å². The largest absolute Gasteiger partial charge is 0.451 e. The Labute approximate surface area is 208 Å². The number of rotatable bonds is 4. The van der Waals surface area contributed by atoms with Crippen molar-refractivity contribution in [1.29, 1.82) is 0 Å². The number of furan rings is 1. The summed E-state index contributed by atoms with van der Waals surface area (Å²) in [6.45, 7) is 0. The van der Waals surface area contributed by atoms with Crippen LogP contribution >= 0.6 is 35.4 Å². The molecular weight excluding hydrogens is 495 g/mol. The van der Waals surface area contributed by atoms with Gasteiger partial charge in [-0.3, -0.25) is 10.1 Å². The molecule has 0 unspecified atom stereocenters. The summed E-state index contributed by atoms with van der Waals surface area (Å²) in [4.78, 5) is 21.2. The Morgan fingerprint density at radius 3 is 2.68 bits per heavy atom. The summed E-state index contributed by atoms with van der Waals surface area (Å²) in [6.07, 6.45) is 1.65. The van der Waals surface area contributed by atoms with E-state index in [4.69, 9.17) is 44.3 Å². The van der Waals surface area contributed by atoms with Crippen LogP contribution in [0.4, 0.5) is 5.69 Å². The Hall–Kier alpha value is -3.72. The molecule has 168 valence electrons.